The van der Waals surface area contributed by atoms with Crippen LogP contribution in [0.2, 0.25) is 10.0 Å². The van der Waals surface area contributed by atoms with Gasteiger partial charge in [-0.1, -0.05) is 29.3 Å². The second-order valence-corrected chi connectivity index (χ2v) is 5.43. The van der Waals surface area contributed by atoms with Crippen LogP contribution in [-0.2, 0) is 0 Å². The predicted molar refractivity (Wildman–Crippen MR) is 83.4 cm³/mol. The van der Waals surface area contributed by atoms with Gasteiger partial charge in [0.1, 0.15) is 5.82 Å². The molecule has 2 rings (SSSR count). The number of carbonyl (C=O) groups excluding carboxylic acids is 1. The third-order valence-electron chi connectivity index (χ3n) is 3.04. The molecule has 21 heavy (non-hydrogen) atoms. The van der Waals surface area contributed by atoms with Gasteiger partial charge in [-0.25, -0.2) is 4.39 Å². The fourth-order valence-electron chi connectivity index (χ4n) is 1.98. The Bertz CT molecular complexity index is 691. The summed E-state index contributed by atoms with van der Waals surface area (Å²) in [5.41, 5.74) is 6.38. The molecule has 0 saturated carbocycles. The molecule has 3 nitrogen and oxygen atoms in total. The predicted octanol–water partition coefficient (Wildman–Crippen LogP) is 4.40. The summed E-state index contributed by atoms with van der Waals surface area (Å²) in [5.74, 6) is -1.46. The minimum atomic E-state index is -0.812. The van der Waals surface area contributed by atoms with E-state index in [2.05, 4.69) is 5.32 Å². The number of nitrogens with one attached hydrogen (secondary N) is 1. The smallest absolute Gasteiger partial charge is 0.251 e. The zero-order valence-corrected chi connectivity index (χ0v) is 12.7. The molecule has 1 atom stereocenters. The van der Waals surface area contributed by atoms with E-state index >= 15 is 0 Å². The highest BCUT2D eigenvalue weighted by molar-refractivity contribution is 6.35. The zero-order valence-electron chi connectivity index (χ0n) is 11.2. The summed E-state index contributed by atoms with van der Waals surface area (Å²) in [7, 11) is 0. The van der Waals surface area contributed by atoms with Gasteiger partial charge in [-0.2, -0.15) is 0 Å². The molecule has 0 aliphatic heterocycles. The summed E-state index contributed by atoms with van der Waals surface area (Å²) in [6.45, 7) is 1.89. The standard InChI is InChI=1S/C15H13Cl2FN2O/c1-8(11-4-2-9(16)6-13(11)17)20-10-3-5-14(18)12(7-10)15(19)21/h2-8,20H,1H3,(H2,19,21). The third kappa shape index (κ3) is 3.65. The molecule has 0 radical (unpaired) electrons. The number of hydrogen-bond donors (Lipinski definition) is 2. The highest BCUT2D eigenvalue weighted by Crippen LogP contribution is 2.28. The average Bonchev–Trinajstić information content (AvgIpc) is 2.40. The number of rotatable bonds is 4. The first-order valence-corrected chi connectivity index (χ1v) is 6.95. The number of nitrogens with two attached hydrogens (primary N) is 1. The molecular weight excluding hydrogens is 314 g/mol. The maximum absolute atomic E-state index is 13.4. The zero-order chi connectivity index (χ0) is 15.6. The molecule has 0 fully saturated rings. The van der Waals surface area contributed by atoms with Gasteiger partial charge in [0.25, 0.3) is 5.91 Å². The summed E-state index contributed by atoms with van der Waals surface area (Å²) < 4.78 is 13.4. The van der Waals surface area contributed by atoms with Gasteiger partial charge in [-0.3, -0.25) is 4.79 Å². The fourth-order valence-corrected chi connectivity index (χ4v) is 2.56. The lowest BCUT2D eigenvalue weighted by Gasteiger charge is -2.17. The van der Waals surface area contributed by atoms with Crippen LogP contribution in [0.25, 0.3) is 0 Å². The van der Waals surface area contributed by atoms with Gasteiger partial charge >= 0.3 is 0 Å². The highest BCUT2D eigenvalue weighted by Gasteiger charge is 2.13. The number of halogens is 3. The lowest BCUT2D eigenvalue weighted by molar-refractivity contribution is 0.0996. The summed E-state index contributed by atoms with van der Waals surface area (Å²) in [4.78, 5) is 11.1. The van der Waals surface area contributed by atoms with Gasteiger partial charge in [-0.15, -0.1) is 0 Å². The second-order valence-electron chi connectivity index (χ2n) is 4.59. The van der Waals surface area contributed by atoms with Crippen LogP contribution in [0.1, 0.15) is 28.9 Å². The van der Waals surface area contributed by atoms with Crippen molar-refractivity contribution >= 4 is 34.8 Å². The van der Waals surface area contributed by atoms with Crippen LogP contribution in [0.15, 0.2) is 36.4 Å². The molecule has 2 aromatic rings. The van der Waals surface area contributed by atoms with E-state index in [1.807, 2.05) is 6.92 Å². The van der Waals surface area contributed by atoms with E-state index in [9.17, 15) is 9.18 Å². The average molecular weight is 327 g/mol. The van der Waals surface area contributed by atoms with Crippen LogP contribution in [0, 0.1) is 5.82 Å². The monoisotopic (exact) mass is 326 g/mol. The Morgan fingerprint density at radius 1 is 1.24 bits per heavy atom. The topological polar surface area (TPSA) is 55.1 Å². The molecule has 6 heteroatoms. The number of primary amides is 1. The van der Waals surface area contributed by atoms with Crippen molar-refractivity contribution in [1.82, 2.24) is 0 Å². The Kier molecular flexibility index (Phi) is 4.70. The normalized spacial score (nSPS) is 12.0. The van der Waals surface area contributed by atoms with E-state index in [0.29, 0.717) is 15.7 Å². The van der Waals surface area contributed by atoms with Gasteiger partial charge in [0.05, 0.1) is 5.56 Å². The molecule has 0 aliphatic carbocycles. The Hall–Kier alpha value is -1.78. The van der Waals surface area contributed by atoms with E-state index in [1.165, 1.54) is 18.2 Å². The van der Waals surface area contributed by atoms with Crippen LogP contribution < -0.4 is 11.1 Å². The Labute approximate surface area is 131 Å². The molecule has 0 bridgehead atoms. The maximum Gasteiger partial charge on any atom is 0.251 e. The summed E-state index contributed by atoms with van der Waals surface area (Å²) in [6, 6.07) is 9.14. The van der Waals surface area contributed by atoms with Crippen LogP contribution in [0.5, 0.6) is 0 Å². The lowest BCUT2D eigenvalue weighted by Crippen LogP contribution is -2.14. The van der Waals surface area contributed by atoms with Crippen molar-refractivity contribution in [1.29, 1.82) is 0 Å². The van der Waals surface area contributed by atoms with Crippen LogP contribution in [-0.4, -0.2) is 5.91 Å². The number of carbonyl (C=O) groups is 1. The van der Waals surface area contributed by atoms with Gasteiger partial charge in [0, 0.05) is 21.8 Å². The number of hydrogen-bond acceptors (Lipinski definition) is 2. The first kappa shape index (κ1) is 15.6. The molecule has 0 aliphatic rings. The van der Waals surface area contributed by atoms with E-state index in [1.54, 1.807) is 18.2 Å². The quantitative estimate of drug-likeness (QED) is 0.874. The van der Waals surface area contributed by atoms with Gasteiger partial charge in [0.2, 0.25) is 0 Å². The van der Waals surface area contributed by atoms with E-state index < -0.39 is 11.7 Å². The van der Waals surface area contributed by atoms with E-state index in [0.717, 1.165) is 5.56 Å². The number of amides is 1. The first-order chi connectivity index (χ1) is 9.88. The van der Waals surface area contributed by atoms with Crippen molar-refractivity contribution in [2.24, 2.45) is 5.73 Å². The van der Waals surface area contributed by atoms with Crippen molar-refractivity contribution in [3.05, 3.63) is 63.4 Å². The molecule has 1 amide bonds. The van der Waals surface area contributed by atoms with Crippen LogP contribution >= 0.6 is 23.2 Å². The van der Waals surface area contributed by atoms with Crippen molar-refractivity contribution in [2.75, 3.05) is 5.32 Å². The van der Waals surface area contributed by atoms with Crippen LogP contribution in [0.4, 0.5) is 10.1 Å². The molecule has 0 spiro atoms. The Morgan fingerprint density at radius 2 is 1.95 bits per heavy atom. The maximum atomic E-state index is 13.4. The summed E-state index contributed by atoms with van der Waals surface area (Å²) in [5, 5.41) is 4.22. The molecule has 3 N–H and O–H groups in total. The van der Waals surface area contributed by atoms with Gasteiger partial charge in [0.15, 0.2) is 0 Å². The Balaban J connectivity index is 2.25. The van der Waals surface area contributed by atoms with E-state index in [4.69, 9.17) is 28.9 Å². The molecule has 0 saturated heterocycles. The minimum absolute atomic E-state index is 0.152. The second kappa shape index (κ2) is 6.33. The van der Waals surface area contributed by atoms with Gasteiger partial charge in [-0.05, 0) is 42.8 Å². The minimum Gasteiger partial charge on any atom is -0.378 e. The third-order valence-corrected chi connectivity index (χ3v) is 3.61. The molecule has 0 heterocycles. The molecule has 1 unspecified atom stereocenters. The first-order valence-electron chi connectivity index (χ1n) is 6.19. The fraction of sp³-hybridized carbons (Fsp3) is 0.133. The molecule has 110 valence electrons. The van der Waals surface area contributed by atoms with Crippen molar-refractivity contribution < 1.29 is 9.18 Å². The molecule has 0 aromatic heterocycles. The van der Waals surface area contributed by atoms with Crippen molar-refractivity contribution in [3.8, 4) is 0 Å². The lowest BCUT2D eigenvalue weighted by atomic mass is 10.1. The van der Waals surface area contributed by atoms with Gasteiger partial charge < -0.3 is 11.1 Å². The number of anilines is 1. The van der Waals surface area contributed by atoms with Crippen LogP contribution in [0.3, 0.4) is 0 Å². The Morgan fingerprint density at radius 3 is 2.57 bits per heavy atom. The van der Waals surface area contributed by atoms with E-state index in [-0.39, 0.29) is 11.6 Å². The SMILES string of the molecule is CC(Nc1ccc(F)c(C(N)=O)c1)c1ccc(Cl)cc1Cl. The highest BCUT2D eigenvalue weighted by atomic mass is 35.5. The number of benzene rings is 2. The molecule has 2 aromatic carbocycles. The summed E-state index contributed by atoms with van der Waals surface area (Å²) in [6.07, 6.45) is 0. The largest absolute Gasteiger partial charge is 0.378 e. The van der Waals surface area contributed by atoms with Crippen molar-refractivity contribution in [2.45, 2.75) is 13.0 Å². The van der Waals surface area contributed by atoms with Crippen molar-refractivity contribution in [3.63, 3.8) is 0 Å². The molecular formula is C15H13Cl2FN2O. The summed E-state index contributed by atoms with van der Waals surface area (Å²) >= 11 is 12.0.